The van der Waals surface area contributed by atoms with Gasteiger partial charge in [-0.3, -0.25) is 4.98 Å². The number of anilines is 1. The number of rotatable bonds is 6. The molecular weight excluding hydrogens is 304 g/mol. The van der Waals surface area contributed by atoms with Gasteiger partial charge in [0.2, 0.25) is 0 Å². The van der Waals surface area contributed by atoms with Gasteiger partial charge in [0.05, 0.1) is 18.1 Å². The van der Waals surface area contributed by atoms with Crippen LogP contribution in [0.4, 0.5) is 5.82 Å². The highest BCUT2D eigenvalue weighted by Crippen LogP contribution is 2.20. The van der Waals surface area contributed by atoms with Gasteiger partial charge in [-0.1, -0.05) is 19.2 Å². The first-order valence-electron chi connectivity index (χ1n) is 7.76. The fraction of sp³-hybridized carbons (Fsp3) is 0.278. The molecule has 126 valence electrons. The Morgan fingerprint density at radius 2 is 2.04 bits per heavy atom. The summed E-state index contributed by atoms with van der Waals surface area (Å²) in [5.41, 5.74) is 7.88. The van der Waals surface area contributed by atoms with E-state index in [1.54, 1.807) is 24.5 Å². The van der Waals surface area contributed by atoms with E-state index >= 15 is 0 Å². The van der Waals surface area contributed by atoms with Crippen molar-refractivity contribution >= 4 is 17.4 Å². The Balaban J connectivity index is 2.20. The number of aliphatic carboxylic acids is 1. The Hall–Kier alpha value is -2.73. The summed E-state index contributed by atoms with van der Waals surface area (Å²) < 4.78 is 0. The second-order valence-corrected chi connectivity index (χ2v) is 5.64. The standard InChI is InChI=1S/C18H22N4O2/c1-3-14(10-13(2)4-5-18(23)24)16-11-20-12-17(21-16)22-8-6-15(19)7-9-22/h3-5,10-12,15H,1-2,6-9,19H2,(H,23,24)/b5-4+,14-10+. The molecule has 24 heavy (non-hydrogen) atoms. The fourth-order valence-corrected chi connectivity index (χ4v) is 2.44. The average molecular weight is 326 g/mol. The highest BCUT2D eigenvalue weighted by molar-refractivity contribution is 5.81. The van der Waals surface area contributed by atoms with Crippen LogP contribution < -0.4 is 10.6 Å². The van der Waals surface area contributed by atoms with Gasteiger partial charge >= 0.3 is 5.97 Å². The first kappa shape index (κ1) is 17.6. The summed E-state index contributed by atoms with van der Waals surface area (Å²) in [6, 6.07) is 0.255. The third-order valence-electron chi connectivity index (χ3n) is 3.78. The summed E-state index contributed by atoms with van der Waals surface area (Å²) in [6.45, 7) is 9.33. The molecule has 0 saturated carbocycles. The largest absolute Gasteiger partial charge is 0.478 e. The lowest BCUT2D eigenvalue weighted by Crippen LogP contribution is -2.40. The summed E-state index contributed by atoms with van der Waals surface area (Å²) >= 11 is 0. The number of piperidine rings is 1. The highest BCUT2D eigenvalue weighted by Gasteiger charge is 2.17. The predicted molar refractivity (Wildman–Crippen MR) is 95.5 cm³/mol. The molecule has 1 aromatic heterocycles. The topological polar surface area (TPSA) is 92.3 Å². The van der Waals surface area contributed by atoms with Crippen molar-refractivity contribution in [2.24, 2.45) is 5.73 Å². The van der Waals surface area contributed by atoms with Gasteiger partial charge in [0, 0.05) is 30.8 Å². The lowest BCUT2D eigenvalue weighted by molar-refractivity contribution is -0.131. The average Bonchev–Trinajstić information content (AvgIpc) is 2.58. The molecule has 6 nitrogen and oxygen atoms in total. The van der Waals surface area contributed by atoms with Gasteiger partial charge < -0.3 is 15.7 Å². The number of hydrogen-bond donors (Lipinski definition) is 2. The molecule has 1 aliphatic heterocycles. The molecule has 0 spiro atoms. The van der Waals surface area contributed by atoms with Crippen LogP contribution >= 0.6 is 0 Å². The molecule has 1 aliphatic rings. The second kappa shape index (κ2) is 8.21. The second-order valence-electron chi connectivity index (χ2n) is 5.64. The number of carboxylic acids is 1. The number of hydrogen-bond acceptors (Lipinski definition) is 5. The molecule has 0 aromatic carbocycles. The maximum Gasteiger partial charge on any atom is 0.328 e. The van der Waals surface area contributed by atoms with Crippen molar-refractivity contribution < 1.29 is 9.90 Å². The molecule has 1 aromatic rings. The van der Waals surface area contributed by atoms with Crippen molar-refractivity contribution in [3.8, 4) is 0 Å². The van der Waals surface area contributed by atoms with E-state index in [9.17, 15) is 4.79 Å². The number of carbonyl (C=O) groups is 1. The summed E-state index contributed by atoms with van der Waals surface area (Å²) in [4.78, 5) is 21.6. The SMILES string of the molecule is C=C/C(=C\C(=C)/C=C/C(=O)O)c1cncc(N2CCC(N)CC2)n1. The molecule has 3 N–H and O–H groups in total. The van der Waals surface area contributed by atoms with Crippen molar-refractivity contribution in [1.29, 1.82) is 0 Å². The molecule has 0 aliphatic carbocycles. The van der Waals surface area contributed by atoms with Crippen molar-refractivity contribution in [3.05, 3.63) is 61.1 Å². The molecule has 0 bridgehead atoms. The first-order chi connectivity index (χ1) is 11.5. The molecule has 1 fully saturated rings. The van der Waals surface area contributed by atoms with E-state index in [1.165, 1.54) is 6.08 Å². The molecule has 6 heteroatoms. The van der Waals surface area contributed by atoms with Gasteiger partial charge in [0.25, 0.3) is 0 Å². The monoisotopic (exact) mass is 326 g/mol. The normalized spacial score (nSPS) is 16.4. The lowest BCUT2D eigenvalue weighted by Gasteiger charge is -2.30. The maximum atomic E-state index is 10.6. The maximum absolute atomic E-state index is 10.6. The van der Waals surface area contributed by atoms with Crippen molar-refractivity contribution in [2.45, 2.75) is 18.9 Å². The Labute approximate surface area is 141 Å². The molecule has 2 rings (SSSR count). The fourth-order valence-electron chi connectivity index (χ4n) is 2.44. The molecule has 0 amide bonds. The van der Waals surface area contributed by atoms with E-state index in [0.29, 0.717) is 11.3 Å². The van der Waals surface area contributed by atoms with Gasteiger partial charge in [0.1, 0.15) is 5.82 Å². The third-order valence-corrected chi connectivity index (χ3v) is 3.78. The summed E-state index contributed by atoms with van der Waals surface area (Å²) in [5.74, 6) is -0.214. The van der Waals surface area contributed by atoms with E-state index in [2.05, 4.69) is 28.0 Å². The molecule has 0 atom stereocenters. The van der Waals surface area contributed by atoms with Gasteiger partial charge in [-0.2, -0.15) is 0 Å². The number of carboxylic acid groups (broad SMARTS) is 1. The van der Waals surface area contributed by atoms with Crippen molar-refractivity contribution in [3.63, 3.8) is 0 Å². The van der Waals surface area contributed by atoms with E-state index in [4.69, 9.17) is 10.8 Å². The van der Waals surface area contributed by atoms with Crippen LogP contribution in [-0.2, 0) is 4.79 Å². The lowest BCUT2D eigenvalue weighted by atomic mass is 10.1. The van der Waals surface area contributed by atoms with Gasteiger partial charge in [0.15, 0.2) is 0 Å². The smallest absolute Gasteiger partial charge is 0.328 e. The Kier molecular flexibility index (Phi) is 6.03. The van der Waals surface area contributed by atoms with Crippen LogP contribution in [-0.4, -0.2) is 40.2 Å². The van der Waals surface area contributed by atoms with Crippen LogP contribution in [0.1, 0.15) is 18.5 Å². The third kappa shape index (κ3) is 4.89. The minimum absolute atomic E-state index is 0.255. The van der Waals surface area contributed by atoms with Gasteiger partial charge in [-0.05, 0) is 30.6 Å². The molecule has 1 saturated heterocycles. The van der Waals surface area contributed by atoms with Crippen LogP contribution in [0, 0.1) is 0 Å². The number of nitrogens with zero attached hydrogens (tertiary/aromatic N) is 3. The van der Waals surface area contributed by atoms with Crippen LogP contribution in [0.5, 0.6) is 0 Å². The predicted octanol–water partition coefficient (Wildman–Crippen LogP) is 2.17. The Bertz CT molecular complexity index is 686. The van der Waals surface area contributed by atoms with E-state index in [0.717, 1.165) is 43.4 Å². The molecule has 0 unspecified atom stereocenters. The Morgan fingerprint density at radius 3 is 2.67 bits per heavy atom. The number of nitrogens with two attached hydrogens (primary N) is 1. The van der Waals surface area contributed by atoms with Crippen molar-refractivity contribution in [2.75, 3.05) is 18.0 Å². The van der Waals surface area contributed by atoms with Crippen LogP contribution in [0.25, 0.3) is 5.57 Å². The van der Waals surface area contributed by atoms with Crippen LogP contribution in [0.2, 0.25) is 0 Å². The highest BCUT2D eigenvalue weighted by atomic mass is 16.4. The molecule has 2 heterocycles. The number of allylic oxidation sites excluding steroid dienone is 5. The van der Waals surface area contributed by atoms with Crippen LogP contribution in [0.3, 0.4) is 0 Å². The summed E-state index contributed by atoms with van der Waals surface area (Å²) in [7, 11) is 0. The van der Waals surface area contributed by atoms with Crippen LogP contribution in [0.15, 0.2) is 55.4 Å². The minimum atomic E-state index is -1.02. The van der Waals surface area contributed by atoms with E-state index < -0.39 is 5.97 Å². The molecular formula is C18H22N4O2. The summed E-state index contributed by atoms with van der Waals surface area (Å²) in [5, 5.41) is 8.66. The van der Waals surface area contributed by atoms with Gasteiger partial charge in [-0.15, -0.1) is 0 Å². The zero-order valence-corrected chi connectivity index (χ0v) is 13.6. The van der Waals surface area contributed by atoms with Gasteiger partial charge in [-0.25, -0.2) is 9.78 Å². The zero-order valence-electron chi connectivity index (χ0n) is 13.6. The van der Waals surface area contributed by atoms with Crippen molar-refractivity contribution in [1.82, 2.24) is 9.97 Å². The van der Waals surface area contributed by atoms with E-state index in [-0.39, 0.29) is 6.04 Å². The molecule has 0 radical (unpaired) electrons. The quantitative estimate of drug-likeness (QED) is 0.615. The zero-order chi connectivity index (χ0) is 17.5. The minimum Gasteiger partial charge on any atom is -0.478 e. The number of aromatic nitrogens is 2. The summed E-state index contributed by atoms with van der Waals surface area (Å²) in [6.07, 6.45) is 11.1. The Morgan fingerprint density at radius 1 is 1.33 bits per heavy atom. The first-order valence-corrected chi connectivity index (χ1v) is 7.76. The van der Waals surface area contributed by atoms with E-state index in [1.807, 2.05) is 0 Å².